The van der Waals surface area contributed by atoms with Crippen LogP contribution in [0.1, 0.15) is 45.0 Å². The lowest BCUT2D eigenvalue weighted by atomic mass is 10.2. The number of aryl methyl sites for hydroxylation is 1. The Morgan fingerprint density at radius 1 is 1.26 bits per heavy atom. The lowest BCUT2D eigenvalue weighted by molar-refractivity contribution is 0.269. The molecule has 0 bridgehead atoms. The average Bonchev–Trinajstić information content (AvgIpc) is 2.36. The number of aromatic nitrogens is 1. The zero-order chi connectivity index (χ0) is 14.1. The molecule has 1 N–H and O–H groups in total. The molecule has 0 atom stereocenters. The molecule has 0 saturated carbocycles. The molecular formula is C16H29N3. The number of nitrogens with one attached hydrogen (secondary N) is 1. The molecule has 1 aromatic rings. The van der Waals surface area contributed by atoms with Gasteiger partial charge in [-0.1, -0.05) is 26.8 Å². The monoisotopic (exact) mass is 263 g/mol. The third kappa shape index (κ3) is 7.28. The van der Waals surface area contributed by atoms with E-state index in [2.05, 4.69) is 61.1 Å². The van der Waals surface area contributed by atoms with E-state index in [4.69, 9.17) is 0 Å². The summed E-state index contributed by atoms with van der Waals surface area (Å²) in [5, 5.41) is 3.46. The molecule has 0 fully saturated rings. The summed E-state index contributed by atoms with van der Waals surface area (Å²) in [6.07, 6.45) is 2.50. The molecule has 1 aromatic heterocycles. The molecule has 0 amide bonds. The normalized spacial score (nSPS) is 11.5. The van der Waals surface area contributed by atoms with E-state index >= 15 is 0 Å². The second-order valence-corrected chi connectivity index (χ2v) is 5.46. The molecule has 3 heteroatoms. The maximum Gasteiger partial charge on any atom is 0.0547 e. The highest BCUT2D eigenvalue weighted by Gasteiger charge is 2.04. The van der Waals surface area contributed by atoms with E-state index in [9.17, 15) is 0 Å². The molecule has 0 spiro atoms. The van der Waals surface area contributed by atoms with Crippen LogP contribution >= 0.6 is 0 Å². The molecule has 1 heterocycles. The highest BCUT2D eigenvalue weighted by molar-refractivity contribution is 5.09. The molecule has 0 aliphatic carbocycles. The summed E-state index contributed by atoms with van der Waals surface area (Å²) in [4.78, 5) is 7.04. The molecule has 0 radical (unpaired) electrons. The van der Waals surface area contributed by atoms with Crippen molar-refractivity contribution in [1.82, 2.24) is 15.2 Å². The standard InChI is InChI=1S/C16H29N3/c1-5-19(12-7-6-11-17-14(2)3)13-16-10-8-9-15(4)18-16/h8-10,14,17H,5-7,11-13H2,1-4H3. The van der Waals surface area contributed by atoms with Crippen LogP contribution in [0.3, 0.4) is 0 Å². The van der Waals surface area contributed by atoms with E-state index in [0.29, 0.717) is 6.04 Å². The SMILES string of the molecule is CCN(CCCCNC(C)C)Cc1cccc(C)n1. The molecule has 1 rings (SSSR count). The Bertz CT molecular complexity index is 350. The van der Waals surface area contributed by atoms with Crippen molar-refractivity contribution >= 4 is 0 Å². The number of hydrogen-bond donors (Lipinski definition) is 1. The lowest BCUT2D eigenvalue weighted by Gasteiger charge is -2.20. The van der Waals surface area contributed by atoms with Crippen LogP contribution in [0.25, 0.3) is 0 Å². The van der Waals surface area contributed by atoms with Crippen molar-refractivity contribution in [3.8, 4) is 0 Å². The van der Waals surface area contributed by atoms with Gasteiger partial charge >= 0.3 is 0 Å². The minimum absolute atomic E-state index is 0.596. The second-order valence-electron chi connectivity index (χ2n) is 5.46. The maximum atomic E-state index is 4.57. The van der Waals surface area contributed by atoms with Gasteiger partial charge in [-0.15, -0.1) is 0 Å². The van der Waals surface area contributed by atoms with Crippen LogP contribution in [0.4, 0.5) is 0 Å². The van der Waals surface area contributed by atoms with E-state index in [0.717, 1.165) is 31.9 Å². The highest BCUT2D eigenvalue weighted by atomic mass is 15.1. The predicted molar refractivity (Wildman–Crippen MR) is 82.3 cm³/mol. The van der Waals surface area contributed by atoms with Crippen LogP contribution in [-0.2, 0) is 6.54 Å². The topological polar surface area (TPSA) is 28.2 Å². The maximum absolute atomic E-state index is 4.57. The smallest absolute Gasteiger partial charge is 0.0547 e. The van der Waals surface area contributed by atoms with Crippen LogP contribution in [-0.4, -0.2) is 35.6 Å². The number of unbranched alkanes of at least 4 members (excludes halogenated alkanes) is 1. The third-order valence-corrected chi connectivity index (χ3v) is 3.23. The fourth-order valence-electron chi connectivity index (χ4n) is 2.12. The number of hydrogen-bond acceptors (Lipinski definition) is 3. The van der Waals surface area contributed by atoms with Crippen LogP contribution in [0.15, 0.2) is 18.2 Å². The Kier molecular flexibility index (Phi) is 7.68. The van der Waals surface area contributed by atoms with Gasteiger partial charge in [0.2, 0.25) is 0 Å². The zero-order valence-electron chi connectivity index (χ0n) is 12.9. The summed E-state index contributed by atoms with van der Waals surface area (Å²) in [5.41, 5.74) is 2.29. The highest BCUT2D eigenvalue weighted by Crippen LogP contribution is 2.04. The summed E-state index contributed by atoms with van der Waals surface area (Å²) in [7, 11) is 0. The first-order valence-electron chi connectivity index (χ1n) is 7.50. The number of pyridine rings is 1. The van der Waals surface area contributed by atoms with Gasteiger partial charge in [-0.2, -0.15) is 0 Å². The van der Waals surface area contributed by atoms with E-state index in [1.807, 2.05) is 0 Å². The van der Waals surface area contributed by atoms with Gasteiger partial charge in [0, 0.05) is 18.3 Å². The van der Waals surface area contributed by atoms with Crippen LogP contribution in [0.5, 0.6) is 0 Å². The van der Waals surface area contributed by atoms with Gasteiger partial charge in [-0.25, -0.2) is 0 Å². The summed E-state index contributed by atoms with van der Waals surface area (Å²) in [6.45, 7) is 13.0. The van der Waals surface area contributed by atoms with Crippen LogP contribution < -0.4 is 5.32 Å². The Morgan fingerprint density at radius 3 is 2.68 bits per heavy atom. The van der Waals surface area contributed by atoms with E-state index in [-0.39, 0.29) is 0 Å². The molecule has 0 aliphatic heterocycles. The van der Waals surface area contributed by atoms with Crippen molar-refractivity contribution in [3.05, 3.63) is 29.6 Å². The van der Waals surface area contributed by atoms with Crippen LogP contribution in [0, 0.1) is 6.92 Å². The zero-order valence-corrected chi connectivity index (χ0v) is 12.9. The van der Waals surface area contributed by atoms with E-state index in [1.54, 1.807) is 0 Å². The summed E-state index contributed by atoms with van der Waals surface area (Å²) in [6, 6.07) is 6.87. The Morgan fingerprint density at radius 2 is 2.05 bits per heavy atom. The van der Waals surface area contributed by atoms with Gasteiger partial charge in [-0.05, 0) is 51.5 Å². The van der Waals surface area contributed by atoms with Crippen molar-refractivity contribution in [2.24, 2.45) is 0 Å². The molecular weight excluding hydrogens is 234 g/mol. The predicted octanol–water partition coefficient (Wildman–Crippen LogP) is 2.99. The Hall–Kier alpha value is -0.930. The fraction of sp³-hybridized carbons (Fsp3) is 0.688. The largest absolute Gasteiger partial charge is 0.315 e. The molecule has 3 nitrogen and oxygen atoms in total. The molecule has 19 heavy (non-hydrogen) atoms. The molecule has 0 saturated heterocycles. The molecule has 108 valence electrons. The van der Waals surface area contributed by atoms with E-state index < -0.39 is 0 Å². The van der Waals surface area contributed by atoms with Crippen molar-refractivity contribution in [2.75, 3.05) is 19.6 Å². The number of rotatable bonds is 9. The Balaban J connectivity index is 2.26. The molecule has 0 aromatic carbocycles. The van der Waals surface area contributed by atoms with Gasteiger partial charge in [-0.3, -0.25) is 9.88 Å². The van der Waals surface area contributed by atoms with Gasteiger partial charge in [0.05, 0.1) is 5.69 Å². The van der Waals surface area contributed by atoms with Gasteiger partial charge in [0.25, 0.3) is 0 Å². The van der Waals surface area contributed by atoms with Crippen LogP contribution in [0.2, 0.25) is 0 Å². The third-order valence-electron chi connectivity index (χ3n) is 3.23. The van der Waals surface area contributed by atoms with Crippen molar-refractivity contribution in [1.29, 1.82) is 0 Å². The number of nitrogens with zero attached hydrogens (tertiary/aromatic N) is 2. The van der Waals surface area contributed by atoms with Gasteiger partial charge in [0.15, 0.2) is 0 Å². The first kappa shape index (κ1) is 16.1. The Labute approximate surface area is 118 Å². The van der Waals surface area contributed by atoms with Gasteiger partial charge in [0.1, 0.15) is 0 Å². The summed E-state index contributed by atoms with van der Waals surface area (Å²) < 4.78 is 0. The van der Waals surface area contributed by atoms with Crippen molar-refractivity contribution in [2.45, 2.75) is 53.1 Å². The summed E-state index contributed by atoms with van der Waals surface area (Å²) in [5.74, 6) is 0. The van der Waals surface area contributed by atoms with E-state index in [1.165, 1.54) is 18.5 Å². The first-order valence-corrected chi connectivity index (χ1v) is 7.50. The van der Waals surface area contributed by atoms with Crippen molar-refractivity contribution in [3.63, 3.8) is 0 Å². The second kappa shape index (κ2) is 9.05. The fourth-order valence-corrected chi connectivity index (χ4v) is 2.12. The minimum atomic E-state index is 0.596. The van der Waals surface area contributed by atoms with Crippen molar-refractivity contribution < 1.29 is 0 Å². The van der Waals surface area contributed by atoms with Gasteiger partial charge < -0.3 is 5.32 Å². The summed E-state index contributed by atoms with van der Waals surface area (Å²) >= 11 is 0. The average molecular weight is 263 g/mol. The molecule has 0 unspecified atom stereocenters. The first-order chi connectivity index (χ1) is 9.11. The molecule has 0 aliphatic rings. The quantitative estimate of drug-likeness (QED) is 0.694. The minimum Gasteiger partial charge on any atom is -0.315 e. The lowest BCUT2D eigenvalue weighted by Crippen LogP contribution is -2.27.